The van der Waals surface area contributed by atoms with Gasteiger partial charge in [-0.25, -0.2) is 9.79 Å². The molecule has 10 heteroatoms. The molecule has 1 aliphatic heterocycles. The number of ether oxygens (including phenoxy) is 2. The van der Waals surface area contributed by atoms with Crippen LogP contribution in [0.15, 0.2) is 86.2 Å². The molecule has 0 amide bonds. The van der Waals surface area contributed by atoms with Crippen molar-refractivity contribution in [3.63, 3.8) is 0 Å². The summed E-state index contributed by atoms with van der Waals surface area (Å²) < 4.78 is 16.6. The molecule has 0 N–H and O–H groups in total. The number of carbonyl (C=O) groups is 1. The molecule has 0 saturated carbocycles. The van der Waals surface area contributed by atoms with Crippen LogP contribution in [-0.2, 0) is 16.1 Å². The van der Waals surface area contributed by atoms with Crippen molar-refractivity contribution in [2.75, 3.05) is 6.61 Å². The van der Waals surface area contributed by atoms with Crippen LogP contribution in [0.25, 0.3) is 6.08 Å². The van der Waals surface area contributed by atoms with Crippen molar-refractivity contribution in [2.45, 2.75) is 33.4 Å². The Labute approximate surface area is 277 Å². The van der Waals surface area contributed by atoms with Crippen molar-refractivity contribution in [3.05, 3.63) is 125 Å². The SMILES string of the molecule is CCOC(=O)C1=C(C)N=c2s/c(=C/c3cc(I)c(OCc4ccc(Br)cc4)c(I)c3)c(=O)n2[C@H]1c1ccc(C)cc1. The highest BCUT2D eigenvalue weighted by atomic mass is 127. The maximum atomic E-state index is 13.9. The standard InChI is InChI=1S/C31H25BrI2N2O4S/c1-4-39-30(38)26-18(3)35-31-36(27(26)21-9-5-17(2)6-10-21)29(37)25(41-31)15-20-13-23(33)28(24(34)14-20)40-16-19-7-11-22(32)12-8-19/h5-15,27H,4,16H2,1-3H3/b25-15+/t27-/m0/s1. The summed E-state index contributed by atoms with van der Waals surface area (Å²) in [5.41, 5.74) is 4.61. The predicted octanol–water partition coefficient (Wildman–Crippen LogP) is 6.66. The van der Waals surface area contributed by atoms with E-state index in [2.05, 4.69) is 66.1 Å². The Kier molecular flexibility index (Phi) is 9.51. The molecule has 0 bridgehead atoms. The van der Waals surface area contributed by atoms with E-state index >= 15 is 0 Å². The highest BCUT2D eigenvalue weighted by molar-refractivity contribution is 14.1. The van der Waals surface area contributed by atoms with E-state index in [1.807, 2.05) is 73.7 Å². The minimum Gasteiger partial charge on any atom is -0.487 e. The van der Waals surface area contributed by atoms with Crippen molar-refractivity contribution in [1.29, 1.82) is 0 Å². The van der Waals surface area contributed by atoms with E-state index in [1.165, 1.54) is 11.3 Å². The predicted molar refractivity (Wildman–Crippen MR) is 182 cm³/mol. The zero-order valence-corrected chi connectivity index (χ0v) is 29.1. The molecule has 0 saturated heterocycles. The smallest absolute Gasteiger partial charge is 0.338 e. The minimum atomic E-state index is -0.622. The van der Waals surface area contributed by atoms with E-state index in [9.17, 15) is 9.59 Å². The van der Waals surface area contributed by atoms with Gasteiger partial charge in [-0.1, -0.05) is 69.2 Å². The molecule has 0 aliphatic carbocycles. The summed E-state index contributed by atoms with van der Waals surface area (Å²) in [6, 6.07) is 19.3. The normalized spacial score (nSPS) is 15.0. The van der Waals surface area contributed by atoms with Crippen LogP contribution in [0, 0.1) is 14.1 Å². The maximum absolute atomic E-state index is 13.9. The molecule has 6 nitrogen and oxygen atoms in total. The third-order valence-corrected chi connectivity index (χ3v) is 9.64. The van der Waals surface area contributed by atoms with E-state index in [-0.39, 0.29) is 12.2 Å². The van der Waals surface area contributed by atoms with E-state index in [0.717, 1.165) is 39.6 Å². The van der Waals surface area contributed by atoms with Gasteiger partial charge in [-0.15, -0.1) is 0 Å². The van der Waals surface area contributed by atoms with Crippen LogP contribution in [0.1, 0.15) is 42.1 Å². The fourth-order valence-corrected chi connectivity index (χ4v) is 7.98. The highest BCUT2D eigenvalue weighted by Crippen LogP contribution is 2.32. The first kappa shape index (κ1) is 30.2. The van der Waals surface area contributed by atoms with Crippen molar-refractivity contribution >= 4 is 84.5 Å². The molecule has 1 aliphatic rings. The van der Waals surface area contributed by atoms with E-state index in [4.69, 9.17) is 9.47 Å². The van der Waals surface area contributed by atoms with Crippen LogP contribution in [-0.4, -0.2) is 17.1 Å². The average molecular weight is 855 g/mol. The Bertz CT molecular complexity index is 1820. The zero-order chi connectivity index (χ0) is 29.3. The molecule has 0 unspecified atom stereocenters. The summed E-state index contributed by atoms with van der Waals surface area (Å²) in [7, 11) is 0. The molecule has 41 heavy (non-hydrogen) atoms. The molecule has 2 heterocycles. The van der Waals surface area contributed by atoms with Gasteiger partial charge in [-0.3, -0.25) is 9.36 Å². The fraction of sp³-hybridized carbons (Fsp3) is 0.194. The van der Waals surface area contributed by atoms with Crippen LogP contribution in [0.5, 0.6) is 5.75 Å². The van der Waals surface area contributed by atoms with Gasteiger partial charge in [-0.05, 0) is 113 Å². The van der Waals surface area contributed by atoms with Crippen LogP contribution in [0.3, 0.4) is 0 Å². The minimum absolute atomic E-state index is 0.200. The van der Waals surface area contributed by atoms with E-state index < -0.39 is 12.0 Å². The number of halogens is 3. The van der Waals surface area contributed by atoms with Crippen molar-refractivity contribution < 1.29 is 14.3 Å². The maximum Gasteiger partial charge on any atom is 0.338 e. The van der Waals surface area contributed by atoms with E-state index in [0.29, 0.717) is 27.2 Å². The first-order valence-electron chi connectivity index (χ1n) is 12.8. The number of hydrogen-bond acceptors (Lipinski definition) is 6. The third kappa shape index (κ3) is 6.55. The summed E-state index contributed by atoms with van der Waals surface area (Å²) in [5.74, 6) is 0.346. The quantitative estimate of drug-likeness (QED) is 0.154. The molecule has 210 valence electrons. The number of aryl methyl sites for hydroxylation is 1. The topological polar surface area (TPSA) is 69.9 Å². The second kappa shape index (κ2) is 12.9. The second-order valence-corrected chi connectivity index (χ2v) is 13.7. The molecule has 3 aromatic carbocycles. The van der Waals surface area contributed by atoms with E-state index in [1.54, 1.807) is 18.4 Å². The Morgan fingerprint density at radius 2 is 1.73 bits per heavy atom. The number of fused-ring (bicyclic) bond motifs is 1. The van der Waals surface area contributed by atoms with Crippen LogP contribution in [0.4, 0.5) is 0 Å². The summed E-state index contributed by atoms with van der Waals surface area (Å²) >= 11 is 9.31. The fourth-order valence-electron chi connectivity index (χ4n) is 4.54. The lowest BCUT2D eigenvalue weighted by molar-refractivity contribution is -0.139. The number of carbonyl (C=O) groups excluding carboxylic acids is 1. The first-order valence-corrected chi connectivity index (χ1v) is 16.6. The summed E-state index contributed by atoms with van der Waals surface area (Å²) in [6.07, 6.45) is 1.88. The Hall–Kier alpha value is -2.29. The average Bonchev–Trinajstić information content (AvgIpc) is 3.23. The number of hydrogen-bond donors (Lipinski definition) is 0. The summed E-state index contributed by atoms with van der Waals surface area (Å²) in [6.45, 7) is 6.26. The monoisotopic (exact) mass is 854 g/mol. The summed E-state index contributed by atoms with van der Waals surface area (Å²) in [5, 5.41) is 0. The molecular formula is C31H25BrI2N2O4S. The molecular weight excluding hydrogens is 830 g/mol. The molecule has 5 rings (SSSR count). The van der Waals surface area contributed by atoms with Gasteiger partial charge in [0.25, 0.3) is 5.56 Å². The third-order valence-electron chi connectivity index (χ3n) is 6.52. The number of benzene rings is 3. The van der Waals surface area contributed by atoms with Crippen molar-refractivity contribution in [2.24, 2.45) is 4.99 Å². The van der Waals surface area contributed by atoms with Gasteiger partial charge in [0.05, 0.1) is 35.6 Å². The number of aromatic nitrogens is 1. The van der Waals surface area contributed by atoms with Gasteiger partial charge >= 0.3 is 5.97 Å². The van der Waals surface area contributed by atoms with Crippen LogP contribution < -0.4 is 19.6 Å². The summed E-state index contributed by atoms with van der Waals surface area (Å²) in [4.78, 5) is 32.2. The van der Waals surface area contributed by atoms with Gasteiger partial charge in [0.15, 0.2) is 4.80 Å². The lowest BCUT2D eigenvalue weighted by Gasteiger charge is -2.24. The zero-order valence-electron chi connectivity index (χ0n) is 22.4. The number of thiazole rings is 1. The molecule has 0 radical (unpaired) electrons. The molecule has 0 spiro atoms. The molecule has 1 aromatic heterocycles. The Morgan fingerprint density at radius 1 is 1.07 bits per heavy atom. The van der Waals surface area contributed by atoms with Gasteiger partial charge in [0.2, 0.25) is 0 Å². The number of nitrogens with zero attached hydrogens (tertiary/aromatic N) is 2. The lowest BCUT2D eigenvalue weighted by atomic mass is 9.95. The second-order valence-electron chi connectivity index (χ2n) is 9.44. The largest absolute Gasteiger partial charge is 0.487 e. The number of allylic oxidation sites excluding steroid dienone is 1. The Balaban J connectivity index is 1.54. The highest BCUT2D eigenvalue weighted by Gasteiger charge is 2.33. The molecule has 1 atom stereocenters. The van der Waals surface area contributed by atoms with Crippen molar-refractivity contribution in [3.8, 4) is 5.75 Å². The van der Waals surface area contributed by atoms with Crippen LogP contribution >= 0.6 is 72.4 Å². The first-order chi connectivity index (χ1) is 19.7. The lowest BCUT2D eigenvalue weighted by Crippen LogP contribution is -2.39. The molecule has 0 fully saturated rings. The molecule has 4 aromatic rings. The number of esters is 1. The van der Waals surface area contributed by atoms with Gasteiger partial charge in [0.1, 0.15) is 12.4 Å². The Morgan fingerprint density at radius 3 is 2.37 bits per heavy atom. The van der Waals surface area contributed by atoms with Gasteiger partial charge in [0, 0.05) is 4.47 Å². The van der Waals surface area contributed by atoms with Gasteiger partial charge < -0.3 is 9.47 Å². The van der Waals surface area contributed by atoms with Crippen molar-refractivity contribution in [1.82, 2.24) is 4.57 Å². The number of rotatable bonds is 7. The van der Waals surface area contributed by atoms with Gasteiger partial charge in [-0.2, -0.15) is 0 Å². The van der Waals surface area contributed by atoms with Crippen LogP contribution in [0.2, 0.25) is 0 Å².